The Morgan fingerprint density at radius 1 is 1.42 bits per heavy atom. The number of unbranched alkanes of at least 4 members (excludes halogenated alkanes) is 3. The van der Waals surface area contributed by atoms with Crippen molar-refractivity contribution in [2.45, 2.75) is 58.5 Å². The molecule has 19 heavy (non-hydrogen) atoms. The van der Waals surface area contributed by atoms with Crippen molar-refractivity contribution in [3.8, 4) is 0 Å². The first kappa shape index (κ1) is 15.5. The molecule has 108 valence electrons. The fourth-order valence-electron chi connectivity index (χ4n) is 1.94. The van der Waals surface area contributed by atoms with Gasteiger partial charge in [0.15, 0.2) is 5.96 Å². The summed E-state index contributed by atoms with van der Waals surface area (Å²) in [7, 11) is 1.80. The summed E-state index contributed by atoms with van der Waals surface area (Å²) in [5.74, 6) is 0.845. The van der Waals surface area contributed by atoms with Gasteiger partial charge in [-0.05, 0) is 19.4 Å². The lowest BCUT2D eigenvalue weighted by atomic mass is 10.1. The van der Waals surface area contributed by atoms with Crippen LogP contribution in [0.25, 0.3) is 0 Å². The molecule has 1 atom stereocenters. The third kappa shape index (κ3) is 6.84. The SMILES string of the molecule is CCCCCCC(C)NC(=NC)NCc1ccn[nH]1. The lowest BCUT2D eigenvalue weighted by Crippen LogP contribution is -2.41. The van der Waals surface area contributed by atoms with Crippen LogP contribution in [0.15, 0.2) is 17.3 Å². The Hall–Kier alpha value is -1.52. The zero-order valence-electron chi connectivity index (χ0n) is 12.4. The minimum atomic E-state index is 0.449. The Kier molecular flexibility index (Phi) is 7.70. The van der Waals surface area contributed by atoms with Gasteiger partial charge in [0.1, 0.15) is 0 Å². The molecule has 0 saturated carbocycles. The van der Waals surface area contributed by atoms with Crippen molar-refractivity contribution in [1.82, 2.24) is 20.8 Å². The molecule has 0 amide bonds. The zero-order valence-corrected chi connectivity index (χ0v) is 12.4. The molecule has 1 rings (SSSR count). The van der Waals surface area contributed by atoms with E-state index in [1.54, 1.807) is 13.2 Å². The van der Waals surface area contributed by atoms with E-state index in [2.05, 4.69) is 39.7 Å². The van der Waals surface area contributed by atoms with Gasteiger partial charge in [0.2, 0.25) is 0 Å². The lowest BCUT2D eigenvalue weighted by Gasteiger charge is -2.17. The molecule has 0 aromatic carbocycles. The van der Waals surface area contributed by atoms with Gasteiger partial charge in [0.25, 0.3) is 0 Å². The normalized spacial score (nSPS) is 13.3. The van der Waals surface area contributed by atoms with Crippen LogP contribution in [0.3, 0.4) is 0 Å². The molecule has 5 nitrogen and oxygen atoms in total. The van der Waals surface area contributed by atoms with Crippen molar-refractivity contribution < 1.29 is 0 Å². The van der Waals surface area contributed by atoms with Crippen LogP contribution in [-0.2, 0) is 6.54 Å². The number of aromatic amines is 1. The van der Waals surface area contributed by atoms with Crippen LogP contribution in [0, 0.1) is 0 Å². The van der Waals surface area contributed by atoms with Gasteiger partial charge in [-0.1, -0.05) is 32.6 Å². The van der Waals surface area contributed by atoms with E-state index < -0.39 is 0 Å². The largest absolute Gasteiger partial charge is 0.354 e. The highest BCUT2D eigenvalue weighted by Crippen LogP contribution is 2.05. The minimum Gasteiger partial charge on any atom is -0.354 e. The molecule has 0 spiro atoms. The highest BCUT2D eigenvalue weighted by molar-refractivity contribution is 5.79. The summed E-state index contributed by atoms with van der Waals surface area (Å²) in [4.78, 5) is 4.23. The van der Waals surface area contributed by atoms with E-state index in [1.807, 2.05) is 6.07 Å². The van der Waals surface area contributed by atoms with Crippen LogP contribution in [0.2, 0.25) is 0 Å². The Labute approximate surface area is 116 Å². The molecule has 0 radical (unpaired) electrons. The van der Waals surface area contributed by atoms with Gasteiger partial charge in [-0.3, -0.25) is 10.1 Å². The van der Waals surface area contributed by atoms with Gasteiger partial charge in [0, 0.05) is 19.3 Å². The maximum absolute atomic E-state index is 4.23. The molecule has 1 aromatic heterocycles. The lowest BCUT2D eigenvalue weighted by molar-refractivity contribution is 0.537. The van der Waals surface area contributed by atoms with Gasteiger partial charge >= 0.3 is 0 Å². The Morgan fingerprint density at radius 3 is 2.89 bits per heavy atom. The molecule has 0 aliphatic heterocycles. The molecule has 0 saturated heterocycles. The van der Waals surface area contributed by atoms with E-state index in [-0.39, 0.29) is 0 Å². The first-order valence-corrected chi connectivity index (χ1v) is 7.21. The van der Waals surface area contributed by atoms with Crippen molar-refractivity contribution in [3.05, 3.63) is 18.0 Å². The molecule has 5 heteroatoms. The maximum Gasteiger partial charge on any atom is 0.191 e. The van der Waals surface area contributed by atoms with Crippen molar-refractivity contribution in [2.75, 3.05) is 7.05 Å². The zero-order chi connectivity index (χ0) is 13.9. The van der Waals surface area contributed by atoms with Gasteiger partial charge in [-0.2, -0.15) is 5.10 Å². The topological polar surface area (TPSA) is 65.1 Å². The predicted molar refractivity (Wildman–Crippen MR) is 80.1 cm³/mol. The number of rotatable bonds is 8. The van der Waals surface area contributed by atoms with E-state index in [4.69, 9.17) is 0 Å². The maximum atomic E-state index is 4.23. The average molecular weight is 265 g/mol. The highest BCUT2D eigenvalue weighted by atomic mass is 15.2. The second kappa shape index (κ2) is 9.42. The van der Waals surface area contributed by atoms with Crippen LogP contribution < -0.4 is 10.6 Å². The Morgan fingerprint density at radius 2 is 2.26 bits per heavy atom. The second-order valence-corrected chi connectivity index (χ2v) is 4.90. The number of aliphatic imine (C=N–C) groups is 1. The molecule has 1 unspecified atom stereocenters. The Bertz CT molecular complexity index is 345. The van der Waals surface area contributed by atoms with E-state index in [1.165, 1.54) is 32.1 Å². The number of hydrogen-bond donors (Lipinski definition) is 3. The summed E-state index contributed by atoms with van der Waals surface area (Å²) in [6.07, 6.45) is 8.16. The molecule has 1 heterocycles. The summed E-state index contributed by atoms with van der Waals surface area (Å²) < 4.78 is 0. The monoisotopic (exact) mass is 265 g/mol. The van der Waals surface area contributed by atoms with E-state index in [0.717, 1.165) is 11.7 Å². The standard InChI is InChI=1S/C14H27N5/c1-4-5-6-7-8-12(2)18-14(15-3)16-11-13-9-10-17-19-13/h9-10,12H,4-8,11H2,1-3H3,(H,17,19)(H2,15,16,18). The number of nitrogens with one attached hydrogen (secondary N) is 3. The van der Waals surface area contributed by atoms with Crippen molar-refractivity contribution in [2.24, 2.45) is 4.99 Å². The first-order valence-electron chi connectivity index (χ1n) is 7.21. The quantitative estimate of drug-likeness (QED) is 0.384. The van der Waals surface area contributed by atoms with Gasteiger partial charge in [-0.25, -0.2) is 0 Å². The van der Waals surface area contributed by atoms with Crippen LogP contribution in [0.4, 0.5) is 0 Å². The third-order valence-electron chi connectivity index (χ3n) is 3.10. The van der Waals surface area contributed by atoms with Gasteiger partial charge < -0.3 is 10.6 Å². The second-order valence-electron chi connectivity index (χ2n) is 4.90. The fourth-order valence-corrected chi connectivity index (χ4v) is 1.94. The van der Waals surface area contributed by atoms with Crippen LogP contribution in [-0.4, -0.2) is 29.2 Å². The number of guanidine groups is 1. The molecule has 1 aromatic rings. The van der Waals surface area contributed by atoms with Crippen LogP contribution in [0.1, 0.15) is 51.6 Å². The van der Waals surface area contributed by atoms with Crippen molar-refractivity contribution in [3.63, 3.8) is 0 Å². The third-order valence-corrected chi connectivity index (χ3v) is 3.10. The number of hydrogen-bond acceptors (Lipinski definition) is 2. The van der Waals surface area contributed by atoms with E-state index in [9.17, 15) is 0 Å². The van der Waals surface area contributed by atoms with Crippen LogP contribution >= 0.6 is 0 Å². The highest BCUT2D eigenvalue weighted by Gasteiger charge is 2.05. The van der Waals surface area contributed by atoms with Crippen LogP contribution in [0.5, 0.6) is 0 Å². The summed E-state index contributed by atoms with van der Waals surface area (Å²) in [5.41, 5.74) is 1.05. The molecule has 0 aliphatic carbocycles. The molecule has 3 N–H and O–H groups in total. The first-order chi connectivity index (χ1) is 9.26. The smallest absolute Gasteiger partial charge is 0.191 e. The number of aromatic nitrogens is 2. The Balaban J connectivity index is 2.20. The number of nitrogens with zero attached hydrogens (tertiary/aromatic N) is 2. The number of H-pyrrole nitrogens is 1. The van der Waals surface area contributed by atoms with Crippen molar-refractivity contribution >= 4 is 5.96 Å². The van der Waals surface area contributed by atoms with E-state index in [0.29, 0.717) is 12.6 Å². The van der Waals surface area contributed by atoms with E-state index >= 15 is 0 Å². The fraction of sp³-hybridized carbons (Fsp3) is 0.714. The average Bonchev–Trinajstić information content (AvgIpc) is 2.92. The molecule has 0 aliphatic rings. The summed E-state index contributed by atoms with van der Waals surface area (Å²) in [5, 5.41) is 13.5. The predicted octanol–water partition coefficient (Wildman–Crippen LogP) is 2.43. The summed E-state index contributed by atoms with van der Waals surface area (Å²) in [6, 6.07) is 2.40. The van der Waals surface area contributed by atoms with Gasteiger partial charge in [0.05, 0.1) is 12.2 Å². The molecule has 0 fully saturated rings. The summed E-state index contributed by atoms with van der Waals surface area (Å²) >= 11 is 0. The summed E-state index contributed by atoms with van der Waals surface area (Å²) in [6.45, 7) is 5.15. The molecular formula is C14H27N5. The van der Waals surface area contributed by atoms with Gasteiger partial charge in [-0.15, -0.1) is 0 Å². The van der Waals surface area contributed by atoms with Crippen molar-refractivity contribution in [1.29, 1.82) is 0 Å². The molecule has 0 bridgehead atoms. The molecular weight excluding hydrogens is 238 g/mol. The minimum absolute atomic E-state index is 0.449.